The molecule has 0 atom stereocenters. The summed E-state index contributed by atoms with van der Waals surface area (Å²) < 4.78 is 15.6. The third-order valence-corrected chi connectivity index (χ3v) is 4.46. The summed E-state index contributed by atoms with van der Waals surface area (Å²) in [5, 5.41) is 11.9. The number of rotatable bonds is 6. The van der Waals surface area contributed by atoms with Gasteiger partial charge in [-0.15, -0.1) is 5.10 Å². The highest BCUT2D eigenvalue weighted by molar-refractivity contribution is 5.94. The summed E-state index contributed by atoms with van der Waals surface area (Å²) in [6.07, 6.45) is 2.14. The Morgan fingerprint density at radius 2 is 1.96 bits per heavy atom. The number of amides is 1. The Morgan fingerprint density at radius 1 is 1.20 bits per heavy atom. The van der Waals surface area contributed by atoms with E-state index in [9.17, 15) is 9.18 Å². The van der Waals surface area contributed by atoms with Gasteiger partial charge in [-0.1, -0.05) is 25.5 Å². The van der Waals surface area contributed by atoms with Gasteiger partial charge in [-0.3, -0.25) is 9.69 Å². The average molecular weight is 346 g/mol. The minimum atomic E-state index is -0.468. The fourth-order valence-corrected chi connectivity index (χ4v) is 2.93. The fraction of sp³-hybridized carbons (Fsp3) is 0.529. The molecular weight excluding hydrogens is 323 g/mol. The van der Waals surface area contributed by atoms with Crippen LogP contribution >= 0.6 is 0 Å². The summed E-state index contributed by atoms with van der Waals surface area (Å²) in [6.45, 7) is 6.22. The molecule has 134 valence electrons. The number of nitrogens with zero attached hydrogens (tertiary/aromatic N) is 6. The average Bonchev–Trinajstić information content (AvgIpc) is 3.07. The molecule has 1 fully saturated rings. The third kappa shape index (κ3) is 4.19. The van der Waals surface area contributed by atoms with Gasteiger partial charge in [0.05, 0.1) is 12.1 Å². The molecule has 1 saturated heterocycles. The second-order valence-corrected chi connectivity index (χ2v) is 6.22. The Bertz CT molecular complexity index is 711. The van der Waals surface area contributed by atoms with Crippen molar-refractivity contribution in [2.24, 2.45) is 0 Å². The van der Waals surface area contributed by atoms with Crippen molar-refractivity contribution in [3.63, 3.8) is 0 Å². The normalized spacial score (nSPS) is 15.5. The molecule has 0 N–H and O–H groups in total. The molecule has 0 saturated carbocycles. The second-order valence-electron chi connectivity index (χ2n) is 6.22. The van der Waals surface area contributed by atoms with Crippen LogP contribution < -0.4 is 0 Å². The molecule has 0 radical (unpaired) electrons. The van der Waals surface area contributed by atoms with Gasteiger partial charge in [-0.05, 0) is 29.0 Å². The van der Waals surface area contributed by atoms with Gasteiger partial charge in [-0.25, -0.2) is 9.07 Å². The van der Waals surface area contributed by atoms with Crippen LogP contribution in [0.1, 0.15) is 35.9 Å². The van der Waals surface area contributed by atoms with Crippen LogP contribution in [-0.4, -0.2) is 62.1 Å². The highest BCUT2D eigenvalue weighted by atomic mass is 19.1. The minimum absolute atomic E-state index is 0.138. The summed E-state index contributed by atoms with van der Waals surface area (Å²) in [5.74, 6) is 0.137. The highest BCUT2D eigenvalue weighted by Gasteiger charge is 2.24. The van der Waals surface area contributed by atoms with Crippen LogP contribution in [0.2, 0.25) is 0 Å². The standard InChI is InChI=1S/C17H23FN6O/c1-2-3-8-24-16(19-20-21-24)13-22-9-11-23(12-10-22)17(25)14-6-4-5-7-15(14)18/h4-7H,2-3,8-13H2,1H3. The molecule has 1 aliphatic rings. The first kappa shape index (κ1) is 17.5. The summed E-state index contributed by atoms with van der Waals surface area (Å²) in [6, 6.07) is 6.13. The molecule has 2 aromatic rings. The molecular formula is C17H23FN6O. The lowest BCUT2D eigenvalue weighted by molar-refractivity contribution is 0.0619. The number of tetrazole rings is 1. The second kappa shape index (κ2) is 8.15. The highest BCUT2D eigenvalue weighted by Crippen LogP contribution is 2.13. The van der Waals surface area contributed by atoms with Crippen molar-refractivity contribution < 1.29 is 9.18 Å². The number of hydrogen-bond acceptors (Lipinski definition) is 5. The zero-order valence-electron chi connectivity index (χ0n) is 14.4. The quantitative estimate of drug-likeness (QED) is 0.794. The number of halogens is 1. The number of hydrogen-bond donors (Lipinski definition) is 0. The van der Waals surface area contributed by atoms with E-state index >= 15 is 0 Å². The van der Waals surface area contributed by atoms with Crippen molar-refractivity contribution >= 4 is 5.91 Å². The van der Waals surface area contributed by atoms with E-state index in [-0.39, 0.29) is 11.5 Å². The van der Waals surface area contributed by atoms with Gasteiger partial charge in [0.25, 0.3) is 5.91 Å². The molecule has 1 amide bonds. The molecule has 0 bridgehead atoms. The Balaban J connectivity index is 1.55. The largest absolute Gasteiger partial charge is 0.336 e. The van der Waals surface area contributed by atoms with Crippen molar-refractivity contribution in [1.29, 1.82) is 0 Å². The molecule has 1 aromatic carbocycles. The molecule has 0 unspecified atom stereocenters. The molecule has 0 spiro atoms. The van der Waals surface area contributed by atoms with Crippen molar-refractivity contribution in [3.8, 4) is 0 Å². The first-order valence-corrected chi connectivity index (χ1v) is 8.70. The molecule has 3 rings (SSSR count). The van der Waals surface area contributed by atoms with Crippen molar-refractivity contribution in [1.82, 2.24) is 30.0 Å². The van der Waals surface area contributed by atoms with E-state index < -0.39 is 5.82 Å². The summed E-state index contributed by atoms with van der Waals surface area (Å²) in [7, 11) is 0. The Kier molecular flexibility index (Phi) is 5.70. The molecule has 0 aliphatic carbocycles. The first-order chi connectivity index (χ1) is 12.2. The van der Waals surface area contributed by atoms with Crippen LogP contribution in [0.15, 0.2) is 24.3 Å². The molecule has 1 aromatic heterocycles. The van der Waals surface area contributed by atoms with Crippen LogP contribution in [0, 0.1) is 5.82 Å². The maximum absolute atomic E-state index is 13.8. The summed E-state index contributed by atoms with van der Waals surface area (Å²) in [5.41, 5.74) is 0.138. The molecule has 2 heterocycles. The molecule has 7 nitrogen and oxygen atoms in total. The number of piperazine rings is 1. The van der Waals surface area contributed by atoms with E-state index in [4.69, 9.17) is 0 Å². The SMILES string of the molecule is CCCCn1nnnc1CN1CCN(C(=O)c2ccccc2F)CC1. The predicted molar refractivity (Wildman–Crippen MR) is 90.3 cm³/mol. The monoisotopic (exact) mass is 346 g/mol. The molecule has 1 aliphatic heterocycles. The van der Waals surface area contributed by atoms with Crippen molar-refractivity contribution in [2.45, 2.75) is 32.9 Å². The zero-order valence-corrected chi connectivity index (χ0v) is 14.4. The van der Waals surface area contributed by atoms with E-state index in [1.54, 1.807) is 17.0 Å². The van der Waals surface area contributed by atoms with Gasteiger partial charge in [0.15, 0.2) is 5.82 Å². The lowest BCUT2D eigenvalue weighted by Gasteiger charge is -2.34. The van der Waals surface area contributed by atoms with Crippen LogP contribution in [0.4, 0.5) is 4.39 Å². The minimum Gasteiger partial charge on any atom is -0.336 e. The van der Waals surface area contributed by atoms with E-state index in [1.165, 1.54) is 12.1 Å². The van der Waals surface area contributed by atoms with Gasteiger partial charge in [0, 0.05) is 32.7 Å². The van der Waals surface area contributed by atoms with E-state index in [0.717, 1.165) is 38.3 Å². The van der Waals surface area contributed by atoms with E-state index in [0.29, 0.717) is 19.6 Å². The first-order valence-electron chi connectivity index (χ1n) is 8.70. The van der Waals surface area contributed by atoms with Crippen molar-refractivity contribution in [2.75, 3.05) is 26.2 Å². The maximum Gasteiger partial charge on any atom is 0.256 e. The molecule has 25 heavy (non-hydrogen) atoms. The number of carbonyl (C=O) groups excluding carboxylic acids is 1. The van der Waals surface area contributed by atoms with Crippen LogP contribution in [0.3, 0.4) is 0 Å². The number of unbranched alkanes of at least 4 members (excludes halogenated alkanes) is 1. The third-order valence-electron chi connectivity index (χ3n) is 4.46. The fourth-order valence-electron chi connectivity index (χ4n) is 2.93. The summed E-state index contributed by atoms with van der Waals surface area (Å²) in [4.78, 5) is 16.4. The number of benzene rings is 1. The number of aryl methyl sites for hydroxylation is 1. The van der Waals surface area contributed by atoms with Crippen molar-refractivity contribution in [3.05, 3.63) is 41.5 Å². The number of carbonyl (C=O) groups is 1. The van der Waals surface area contributed by atoms with Gasteiger partial charge in [-0.2, -0.15) is 0 Å². The Labute approximate surface area is 146 Å². The van der Waals surface area contributed by atoms with Gasteiger partial charge in [0.1, 0.15) is 5.82 Å². The zero-order chi connectivity index (χ0) is 17.6. The van der Waals surface area contributed by atoms with Gasteiger partial charge < -0.3 is 4.90 Å². The lowest BCUT2D eigenvalue weighted by Crippen LogP contribution is -2.48. The topological polar surface area (TPSA) is 67.2 Å². The maximum atomic E-state index is 13.8. The van der Waals surface area contributed by atoms with Crippen LogP contribution in [0.25, 0.3) is 0 Å². The predicted octanol–water partition coefficient (Wildman–Crippen LogP) is 1.57. The Hall–Kier alpha value is -2.35. The van der Waals surface area contributed by atoms with Crippen LogP contribution in [-0.2, 0) is 13.1 Å². The van der Waals surface area contributed by atoms with E-state index in [1.807, 2.05) is 4.68 Å². The molecule has 8 heteroatoms. The Morgan fingerprint density at radius 3 is 2.68 bits per heavy atom. The number of aromatic nitrogens is 4. The smallest absolute Gasteiger partial charge is 0.256 e. The van der Waals surface area contributed by atoms with Gasteiger partial charge >= 0.3 is 0 Å². The van der Waals surface area contributed by atoms with Crippen LogP contribution in [0.5, 0.6) is 0 Å². The summed E-state index contributed by atoms with van der Waals surface area (Å²) >= 11 is 0. The lowest BCUT2D eigenvalue weighted by atomic mass is 10.1. The van der Waals surface area contributed by atoms with Gasteiger partial charge in [0.2, 0.25) is 0 Å². The van der Waals surface area contributed by atoms with E-state index in [2.05, 4.69) is 27.3 Å².